The topological polar surface area (TPSA) is 0 Å². The predicted molar refractivity (Wildman–Crippen MR) is 129 cm³/mol. The first kappa shape index (κ1) is 23.3. The summed E-state index contributed by atoms with van der Waals surface area (Å²) >= 11 is 0. The van der Waals surface area contributed by atoms with Crippen molar-refractivity contribution in [3.8, 4) is 0 Å². The number of hydrogen-bond donors (Lipinski definition) is 0. The Morgan fingerprint density at radius 3 is 1.45 bits per heavy atom. The van der Waals surface area contributed by atoms with Gasteiger partial charge in [0.05, 0.1) is 0 Å². The SMILES string of the molecule is C[Si](c1ccccc1)(c1cc2ccccc2[cH-]1)c1cc2ccccc2[cH-]1.[CH3-].[CH3-].[Zr+4]. The molecular weight excluding hydrogens is 444 g/mol. The summed E-state index contributed by atoms with van der Waals surface area (Å²) < 4.78 is 0. The summed E-state index contributed by atoms with van der Waals surface area (Å²) in [5.74, 6) is 0. The van der Waals surface area contributed by atoms with E-state index in [9.17, 15) is 0 Å². The van der Waals surface area contributed by atoms with Crippen LogP contribution in [0.4, 0.5) is 0 Å². The number of rotatable bonds is 3. The van der Waals surface area contributed by atoms with Crippen LogP contribution in [0.2, 0.25) is 6.55 Å². The standard InChI is InChI=1S/C25H20Si.2CH3.Zr/c1-26(23-13-3-2-4-14-23,24-15-19-9-5-6-10-20(19)16-24)25-17-21-11-7-8-12-22(21)18-25;;;/h2-18H,1H3;2*1H3;/q-2;2*-1;+4. The third-order valence-corrected chi connectivity index (χ3v) is 10.1. The number of fused-ring (bicyclic) bond motifs is 2. The van der Waals surface area contributed by atoms with Crippen molar-refractivity contribution < 1.29 is 26.2 Å². The fourth-order valence-corrected chi connectivity index (χ4v) is 7.79. The molecule has 5 aromatic rings. The molecule has 0 N–H and O–H groups in total. The minimum atomic E-state index is -2.04. The van der Waals surface area contributed by atoms with E-state index in [2.05, 4.69) is 110 Å². The first-order valence-corrected chi connectivity index (χ1v) is 11.6. The Morgan fingerprint density at radius 2 is 1.00 bits per heavy atom. The van der Waals surface area contributed by atoms with Crippen molar-refractivity contribution >= 4 is 45.2 Å². The molecule has 0 unspecified atom stereocenters. The molecule has 5 rings (SSSR count). The van der Waals surface area contributed by atoms with Crippen molar-refractivity contribution in [1.82, 2.24) is 0 Å². The Kier molecular flexibility index (Phi) is 7.38. The van der Waals surface area contributed by atoms with Gasteiger partial charge in [-0.1, -0.05) is 54.2 Å². The molecule has 0 saturated carbocycles. The second-order valence-electron chi connectivity index (χ2n) is 7.24. The van der Waals surface area contributed by atoms with Crippen LogP contribution in [0.5, 0.6) is 0 Å². The van der Waals surface area contributed by atoms with E-state index in [1.165, 1.54) is 37.1 Å². The van der Waals surface area contributed by atoms with Gasteiger partial charge in [0.25, 0.3) is 0 Å². The minimum absolute atomic E-state index is 0. The Balaban J connectivity index is 0.000001000. The van der Waals surface area contributed by atoms with E-state index in [-0.39, 0.29) is 41.1 Å². The number of benzene rings is 3. The smallest absolute Gasteiger partial charge is 0.358 e. The third kappa shape index (κ3) is 3.89. The van der Waals surface area contributed by atoms with Crippen molar-refractivity contribution in [3.63, 3.8) is 0 Å². The maximum absolute atomic E-state index is 2.49. The van der Waals surface area contributed by atoms with E-state index in [0.29, 0.717) is 0 Å². The fraction of sp³-hybridized carbons (Fsp3) is 0.0370. The molecule has 0 aliphatic heterocycles. The molecule has 0 nitrogen and oxygen atoms in total. The molecule has 0 aliphatic rings. The molecular formula is C27H26SiZr. The normalized spacial score (nSPS) is 10.8. The van der Waals surface area contributed by atoms with Gasteiger partial charge < -0.3 is 14.9 Å². The molecule has 0 amide bonds. The summed E-state index contributed by atoms with van der Waals surface area (Å²) in [6.07, 6.45) is 0. The maximum Gasteiger partial charge on any atom is 4.00 e. The van der Waals surface area contributed by atoms with Crippen molar-refractivity contribution in [2.75, 3.05) is 0 Å². The molecule has 0 radical (unpaired) electrons. The van der Waals surface area contributed by atoms with Crippen LogP contribution in [0.25, 0.3) is 21.5 Å². The Bertz CT molecular complexity index is 1060. The van der Waals surface area contributed by atoms with Crippen molar-refractivity contribution in [2.45, 2.75) is 6.55 Å². The van der Waals surface area contributed by atoms with Gasteiger partial charge in [0.1, 0.15) is 8.07 Å². The van der Waals surface area contributed by atoms with Gasteiger partial charge in [-0.25, -0.2) is 0 Å². The summed E-state index contributed by atoms with van der Waals surface area (Å²) in [4.78, 5) is 0. The summed E-state index contributed by atoms with van der Waals surface area (Å²) in [6, 6.07) is 38.1. The summed E-state index contributed by atoms with van der Waals surface area (Å²) in [5.41, 5.74) is 0. The maximum atomic E-state index is 2.49. The van der Waals surface area contributed by atoms with Crippen molar-refractivity contribution in [3.05, 3.63) is 118 Å². The molecule has 0 heterocycles. The van der Waals surface area contributed by atoms with Crippen molar-refractivity contribution in [1.29, 1.82) is 0 Å². The second-order valence-corrected chi connectivity index (χ2v) is 11.2. The molecule has 142 valence electrons. The first-order chi connectivity index (χ1) is 12.7. The average Bonchev–Trinajstić information content (AvgIpc) is 3.32. The van der Waals surface area contributed by atoms with Gasteiger partial charge in [-0.2, -0.15) is 22.9 Å². The van der Waals surface area contributed by atoms with Gasteiger partial charge in [0.15, 0.2) is 0 Å². The second kappa shape index (κ2) is 9.20. The van der Waals surface area contributed by atoms with Gasteiger partial charge in [-0.3, -0.25) is 0 Å². The Morgan fingerprint density at radius 1 is 0.586 bits per heavy atom. The Hall–Kier alpha value is -2.02. The largest absolute Gasteiger partial charge is 4.00 e. The van der Waals surface area contributed by atoms with Crippen LogP contribution in [0, 0.1) is 14.9 Å². The molecule has 0 bridgehead atoms. The quantitative estimate of drug-likeness (QED) is 0.244. The third-order valence-electron chi connectivity index (χ3n) is 5.74. The van der Waals surface area contributed by atoms with Crippen LogP contribution in [0.1, 0.15) is 0 Å². The minimum Gasteiger partial charge on any atom is -0.358 e. The van der Waals surface area contributed by atoms with Crippen LogP contribution in [-0.2, 0) is 26.2 Å². The van der Waals surface area contributed by atoms with E-state index >= 15 is 0 Å². The zero-order valence-corrected chi connectivity index (χ0v) is 20.8. The molecule has 0 saturated heterocycles. The average molecular weight is 470 g/mol. The van der Waals surface area contributed by atoms with Crippen molar-refractivity contribution in [2.24, 2.45) is 0 Å². The molecule has 0 fully saturated rings. The summed E-state index contributed by atoms with van der Waals surface area (Å²) in [5, 5.41) is 9.80. The van der Waals surface area contributed by atoms with E-state index < -0.39 is 8.07 Å². The van der Waals surface area contributed by atoms with Gasteiger partial charge >= 0.3 is 26.2 Å². The summed E-state index contributed by atoms with van der Waals surface area (Å²) in [6.45, 7) is 2.49. The molecule has 0 spiro atoms. The van der Waals surface area contributed by atoms with Gasteiger partial charge in [-0.15, -0.1) is 69.7 Å². The summed E-state index contributed by atoms with van der Waals surface area (Å²) in [7, 11) is -2.04. The monoisotopic (exact) mass is 468 g/mol. The van der Waals surface area contributed by atoms with E-state index in [0.717, 1.165) is 0 Å². The van der Waals surface area contributed by atoms with Crippen LogP contribution in [-0.4, -0.2) is 8.07 Å². The van der Waals surface area contributed by atoms with Gasteiger partial charge in [0.2, 0.25) is 0 Å². The molecule has 2 heteroatoms. The van der Waals surface area contributed by atoms with Gasteiger partial charge in [0, 0.05) is 0 Å². The molecule has 0 aliphatic carbocycles. The van der Waals surface area contributed by atoms with Crippen LogP contribution >= 0.6 is 0 Å². The van der Waals surface area contributed by atoms with Crippen LogP contribution in [0.15, 0.2) is 103 Å². The first-order valence-electron chi connectivity index (χ1n) is 9.12. The molecule has 29 heavy (non-hydrogen) atoms. The zero-order valence-electron chi connectivity index (χ0n) is 17.3. The Labute approximate surface area is 195 Å². The number of hydrogen-bond acceptors (Lipinski definition) is 0. The van der Waals surface area contributed by atoms with E-state index in [1.54, 1.807) is 0 Å². The molecule has 0 aromatic heterocycles. The molecule has 5 aromatic carbocycles. The zero-order chi connectivity index (χ0) is 17.6. The van der Waals surface area contributed by atoms with Crippen LogP contribution in [0.3, 0.4) is 0 Å². The van der Waals surface area contributed by atoms with Gasteiger partial charge in [-0.05, 0) is 0 Å². The van der Waals surface area contributed by atoms with E-state index in [1.807, 2.05) is 0 Å². The van der Waals surface area contributed by atoms with E-state index in [4.69, 9.17) is 0 Å². The fourth-order valence-electron chi connectivity index (χ4n) is 4.15. The predicted octanol–water partition coefficient (Wildman–Crippen LogP) is 5.43. The molecule has 0 atom stereocenters. The van der Waals surface area contributed by atoms with Crippen LogP contribution < -0.4 is 15.6 Å².